The van der Waals surface area contributed by atoms with E-state index in [2.05, 4.69) is 130 Å². The molecule has 6 nitrogen and oxygen atoms in total. The third kappa shape index (κ3) is 5.30. The van der Waals surface area contributed by atoms with Gasteiger partial charge in [0.15, 0.2) is 17.5 Å². The van der Waals surface area contributed by atoms with Crippen molar-refractivity contribution in [1.29, 1.82) is 5.26 Å². The van der Waals surface area contributed by atoms with Crippen molar-refractivity contribution < 1.29 is 0 Å². The third-order valence-corrected chi connectivity index (χ3v) is 11.0. The molecule has 3 aromatic heterocycles. The second-order valence-electron chi connectivity index (χ2n) is 14.3. The van der Waals surface area contributed by atoms with Gasteiger partial charge in [0.25, 0.3) is 0 Å². The third-order valence-electron chi connectivity index (χ3n) is 11.0. The number of para-hydroxylation sites is 4. The lowest BCUT2D eigenvalue weighted by Gasteiger charge is -2.18. The molecule has 0 saturated carbocycles. The van der Waals surface area contributed by atoms with Gasteiger partial charge in [-0.05, 0) is 48.0 Å². The molecular weight excluding hydrogens is 709 g/mol. The van der Waals surface area contributed by atoms with Crippen LogP contribution in [0.5, 0.6) is 0 Å². The summed E-state index contributed by atoms with van der Waals surface area (Å²) in [5, 5.41) is 15.8. The number of rotatable bonds is 6. The Labute approximate surface area is 334 Å². The van der Waals surface area contributed by atoms with Crippen LogP contribution >= 0.6 is 0 Å². The number of hydrogen-bond donors (Lipinski definition) is 0. The summed E-state index contributed by atoms with van der Waals surface area (Å²) in [5.74, 6) is 1.64. The van der Waals surface area contributed by atoms with Crippen LogP contribution in [0.15, 0.2) is 194 Å². The molecule has 0 amide bonds. The smallest absolute Gasteiger partial charge is 0.164 e. The lowest BCUT2D eigenvalue weighted by Crippen LogP contribution is -2.04. The first kappa shape index (κ1) is 33.2. The second-order valence-corrected chi connectivity index (χ2v) is 14.3. The van der Waals surface area contributed by atoms with E-state index in [1.165, 1.54) is 10.8 Å². The van der Waals surface area contributed by atoms with Crippen molar-refractivity contribution in [1.82, 2.24) is 24.1 Å². The van der Waals surface area contributed by atoms with Crippen LogP contribution in [0.25, 0.3) is 100 Å². The van der Waals surface area contributed by atoms with Gasteiger partial charge in [-0.1, -0.05) is 152 Å². The lowest BCUT2D eigenvalue weighted by atomic mass is 9.93. The zero-order valence-corrected chi connectivity index (χ0v) is 31.2. The van der Waals surface area contributed by atoms with Crippen molar-refractivity contribution in [2.45, 2.75) is 0 Å². The fraction of sp³-hybridized carbons (Fsp3) is 0. The summed E-state index contributed by atoms with van der Waals surface area (Å²) in [6.07, 6.45) is 0. The molecule has 0 aliphatic heterocycles. The van der Waals surface area contributed by atoms with Crippen molar-refractivity contribution in [3.05, 3.63) is 200 Å². The van der Waals surface area contributed by atoms with E-state index in [4.69, 9.17) is 15.0 Å². The second kappa shape index (κ2) is 13.6. The van der Waals surface area contributed by atoms with E-state index in [1.54, 1.807) is 0 Å². The van der Waals surface area contributed by atoms with Crippen molar-refractivity contribution in [2.75, 3.05) is 0 Å². The summed E-state index contributed by atoms with van der Waals surface area (Å²) >= 11 is 0. The Morgan fingerprint density at radius 3 is 1.31 bits per heavy atom. The van der Waals surface area contributed by atoms with Crippen LogP contribution in [0.4, 0.5) is 0 Å². The summed E-state index contributed by atoms with van der Waals surface area (Å²) in [6.45, 7) is 0. The van der Waals surface area contributed by atoms with Crippen LogP contribution in [-0.2, 0) is 0 Å². The van der Waals surface area contributed by atoms with Crippen molar-refractivity contribution in [2.24, 2.45) is 0 Å². The quantitative estimate of drug-likeness (QED) is 0.170. The molecule has 0 atom stereocenters. The number of nitrogens with zero attached hydrogens (tertiary/aromatic N) is 6. The first-order valence-corrected chi connectivity index (χ1v) is 19.3. The van der Waals surface area contributed by atoms with Crippen LogP contribution in [-0.4, -0.2) is 24.1 Å². The minimum atomic E-state index is 0.511. The van der Waals surface area contributed by atoms with Gasteiger partial charge in [0.1, 0.15) is 6.07 Å². The van der Waals surface area contributed by atoms with Gasteiger partial charge < -0.3 is 9.13 Å². The molecule has 6 heteroatoms. The van der Waals surface area contributed by atoms with E-state index in [-0.39, 0.29) is 0 Å². The van der Waals surface area contributed by atoms with E-state index >= 15 is 0 Å². The monoisotopic (exact) mass is 740 g/mol. The molecule has 0 radical (unpaired) electrons. The number of fused-ring (bicyclic) bond motifs is 6. The minimum Gasteiger partial charge on any atom is -0.309 e. The molecule has 11 rings (SSSR count). The summed E-state index contributed by atoms with van der Waals surface area (Å²) in [7, 11) is 0. The highest BCUT2D eigenvalue weighted by atomic mass is 15.0. The average Bonchev–Trinajstić information content (AvgIpc) is 3.82. The maximum Gasteiger partial charge on any atom is 0.164 e. The summed E-state index contributed by atoms with van der Waals surface area (Å²) in [6, 6.07) is 69.0. The maximum absolute atomic E-state index is 11.2. The fourth-order valence-electron chi connectivity index (χ4n) is 8.47. The zero-order chi connectivity index (χ0) is 38.6. The molecule has 0 fully saturated rings. The van der Waals surface area contributed by atoms with Gasteiger partial charge >= 0.3 is 0 Å². The van der Waals surface area contributed by atoms with Gasteiger partial charge in [-0.15, -0.1) is 0 Å². The molecule has 58 heavy (non-hydrogen) atoms. The molecule has 0 spiro atoms. The van der Waals surface area contributed by atoms with E-state index in [0.29, 0.717) is 23.0 Å². The number of nitriles is 1. The number of hydrogen-bond acceptors (Lipinski definition) is 4. The molecule has 270 valence electrons. The summed E-state index contributed by atoms with van der Waals surface area (Å²) in [4.78, 5) is 15.5. The van der Waals surface area contributed by atoms with Crippen molar-refractivity contribution in [3.8, 4) is 62.7 Å². The van der Waals surface area contributed by atoms with E-state index < -0.39 is 0 Å². The van der Waals surface area contributed by atoms with Crippen LogP contribution in [0.1, 0.15) is 5.56 Å². The van der Waals surface area contributed by atoms with Gasteiger partial charge in [-0.3, -0.25) is 0 Å². The zero-order valence-electron chi connectivity index (χ0n) is 31.2. The Kier molecular flexibility index (Phi) is 7.76. The molecule has 0 bridgehead atoms. The van der Waals surface area contributed by atoms with Gasteiger partial charge in [-0.25, -0.2) is 15.0 Å². The highest BCUT2D eigenvalue weighted by molar-refractivity contribution is 6.10. The number of aromatic nitrogens is 5. The lowest BCUT2D eigenvalue weighted by molar-refractivity contribution is 1.07. The van der Waals surface area contributed by atoms with Crippen LogP contribution in [0.2, 0.25) is 0 Å². The van der Waals surface area contributed by atoms with Gasteiger partial charge in [0.2, 0.25) is 0 Å². The average molecular weight is 741 g/mol. The van der Waals surface area contributed by atoms with Crippen LogP contribution in [0, 0.1) is 11.3 Å². The highest BCUT2D eigenvalue weighted by Gasteiger charge is 2.23. The summed E-state index contributed by atoms with van der Waals surface area (Å²) in [5.41, 5.74) is 10.8. The number of benzene rings is 8. The van der Waals surface area contributed by atoms with Crippen LogP contribution < -0.4 is 0 Å². The van der Waals surface area contributed by atoms with Gasteiger partial charge in [0, 0.05) is 49.5 Å². The predicted molar refractivity (Wildman–Crippen MR) is 235 cm³/mol. The topological polar surface area (TPSA) is 72.3 Å². The molecule has 0 aliphatic carbocycles. The molecule has 0 aliphatic rings. The minimum absolute atomic E-state index is 0.511. The van der Waals surface area contributed by atoms with E-state index in [0.717, 1.165) is 72.0 Å². The molecule has 3 heterocycles. The Balaban J connectivity index is 1.22. The summed E-state index contributed by atoms with van der Waals surface area (Å²) < 4.78 is 4.51. The first-order chi connectivity index (χ1) is 28.7. The molecule has 0 N–H and O–H groups in total. The van der Waals surface area contributed by atoms with E-state index in [1.807, 2.05) is 78.9 Å². The standard InChI is InChI=1S/C52H32N6/c53-33-44-37(24-15-29-49(44)58-47-27-13-9-22-41(47)42-23-10-14-28-48(42)58)38-31-30-36(57-45-25-11-7-20-39(45)40-21-8-12-26-46(40)57)32-43(38)52-55-50(34-16-3-1-4-17-34)54-51(56-52)35-18-5-2-6-19-35/h1-32H. The van der Waals surface area contributed by atoms with Gasteiger partial charge in [0.05, 0.1) is 33.3 Å². The van der Waals surface area contributed by atoms with Crippen molar-refractivity contribution >= 4 is 43.6 Å². The largest absolute Gasteiger partial charge is 0.309 e. The fourth-order valence-corrected chi connectivity index (χ4v) is 8.47. The Hall–Kier alpha value is -8.14. The van der Waals surface area contributed by atoms with Gasteiger partial charge in [-0.2, -0.15) is 5.26 Å². The SMILES string of the molecule is N#Cc1c(-c2ccc(-n3c4ccccc4c4ccccc43)cc2-c2nc(-c3ccccc3)nc(-c3ccccc3)n2)cccc1-n1c2ccccc2c2ccccc21. The molecule has 11 aromatic rings. The van der Waals surface area contributed by atoms with Crippen molar-refractivity contribution in [3.63, 3.8) is 0 Å². The molecule has 0 saturated heterocycles. The van der Waals surface area contributed by atoms with E-state index in [9.17, 15) is 5.26 Å². The Bertz CT molecular complexity index is 3240. The Morgan fingerprint density at radius 2 is 0.810 bits per heavy atom. The first-order valence-electron chi connectivity index (χ1n) is 19.3. The molecule has 8 aromatic carbocycles. The predicted octanol–water partition coefficient (Wildman–Crippen LogP) is 12.6. The molecular formula is C52H32N6. The highest BCUT2D eigenvalue weighted by Crippen LogP contribution is 2.41. The maximum atomic E-state index is 11.2. The normalized spacial score (nSPS) is 11.4. The van der Waals surface area contributed by atoms with Crippen LogP contribution in [0.3, 0.4) is 0 Å². The molecule has 0 unspecified atom stereocenters. The Morgan fingerprint density at radius 1 is 0.362 bits per heavy atom.